The molecule has 2 aliphatic heterocycles. The lowest BCUT2D eigenvalue weighted by atomic mass is 9.86. The Bertz CT molecular complexity index is 2600. The van der Waals surface area contributed by atoms with Crippen molar-refractivity contribution in [1.29, 1.82) is 0 Å². The summed E-state index contributed by atoms with van der Waals surface area (Å²) in [5.41, 5.74) is 9.77. The number of quaternary nitrogens is 2. The Morgan fingerprint density at radius 1 is 0.627 bits per heavy atom. The third kappa shape index (κ3) is 4.52. The second-order valence-electron chi connectivity index (χ2n) is 15.9. The van der Waals surface area contributed by atoms with Gasteiger partial charge in [0.1, 0.15) is 17.3 Å². The number of benzene rings is 5. The fourth-order valence-corrected chi connectivity index (χ4v) is 7.91. The van der Waals surface area contributed by atoms with E-state index < -0.39 is 0 Å². The van der Waals surface area contributed by atoms with Gasteiger partial charge in [-0.05, 0) is 64.4 Å². The highest BCUT2D eigenvalue weighted by Crippen LogP contribution is 2.75. The number of ether oxygens (including phenoxy) is 1. The molecular formula is C45H40N5O+. The van der Waals surface area contributed by atoms with E-state index in [0.29, 0.717) is 14.9 Å². The molecule has 51 heavy (non-hydrogen) atoms. The molecule has 6 nitrogen and oxygen atoms in total. The van der Waals surface area contributed by atoms with Gasteiger partial charge >= 0.3 is 0 Å². The third-order valence-corrected chi connectivity index (χ3v) is 10.6. The summed E-state index contributed by atoms with van der Waals surface area (Å²) in [5, 5.41) is 2.34. The van der Waals surface area contributed by atoms with Crippen LogP contribution in [0.2, 0.25) is 0 Å². The van der Waals surface area contributed by atoms with Crippen molar-refractivity contribution in [1.82, 2.24) is 18.7 Å². The monoisotopic (exact) mass is 666 g/mol. The first kappa shape index (κ1) is 31.3. The summed E-state index contributed by atoms with van der Waals surface area (Å²) < 4.78 is 10.2. The molecule has 0 spiro atoms. The maximum absolute atomic E-state index is 7.68. The van der Waals surface area contributed by atoms with Crippen LogP contribution < -0.4 is 13.9 Å². The van der Waals surface area contributed by atoms with Crippen LogP contribution in [-0.4, -0.2) is 9.55 Å². The van der Waals surface area contributed by atoms with E-state index in [2.05, 4.69) is 161 Å². The van der Waals surface area contributed by atoms with Gasteiger partial charge in [0.15, 0.2) is 23.7 Å². The third-order valence-electron chi connectivity index (χ3n) is 10.6. The van der Waals surface area contributed by atoms with Crippen LogP contribution in [0.5, 0.6) is 11.5 Å². The Hall–Kier alpha value is -5.74. The fourth-order valence-electron chi connectivity index (χ4n) is 7.91. The van der Waals surface area contributed by atoms with E-state index in [1.54, 1.807) is 0 Å². The number of pyridine rings is 1. The van der Waals surface area contributed by atoms with Crippen molar-refractivity contribution >= 4 is 50.2 Å². The number of hydrogen-bond acceptors (Lipinski definition) is 2. The predicted octanol–water partition coefficient (Wildman–Crippen LogP) is 12.5. The average molecular weight is 667 g/mol. The Morgan fingerprint density at radius 2 is 1.33 bits per heavy atom. The summed E-state index contributed by atoms with van der Waals surface area (Å²) in [4.78, 5) is 8.62. The van der Waals surface area contributed by atoms with Gasteiger partial charge in [-0.25, -0.2) is 9.83 Å². The Balaban J connectivity index is 1.18. The summed E-state index contributed by atoms with van der Waals surface area (Å²) in [5.74, 6) is 2.45. The topological polar surface area (TPSA) is 31.4 Å². The molecule has 0 saturated carbocycles. The minimum Gasteiger partial charge on any atom is -0.457 e. The van der Waals surface area contributed by atoms with E-state index in [4.69, 9.17) is 16.3 Å². The number of aromatic nitrogens is 2. The zero-order valence-electron chi connectivity index (χ0n) is 29.8. The first-order valence-corrected chi connectivity index (χ1v) is 17.5. The van der Waals surface area contributed by atoms with Crippen molar-refractivity contribution in [2.75, 3.05) is 0 Å². The normalized spacial score (nSPS) is 19.2. The average Bonchev–Trinajstić information content (AvgIpc) is 3.61. The van der Waals surface area contributed by atoms with Crippen LogP contribution >= 0.6 is 0 Å². The first-order valence-electron chi connectivity index (χ1n) is 17.5. The molecule has 2 aliphatic rings. The zero-order valence-corrected chi connectivity index (χ0v) is 29.8. The highest BCUT2D eigenvalue weighted by atomic mass is 16.5. The lowest BCUT2D eigenvalue weighted by Gasteiger charge is -2.40. The molecule has 0 bridgehead atoms. The molecule has 7 aromatic rings. The number of nitrogens with zero attached hydrogens (tertiary/aromatic N) is 5. The quantitative estimate of drug-likeness (QED) is 0.104. The van der Waals surface area contributed by atoms with Gasteiger partial charge in [-0.15, -0.1) is 0 Å². The second-order valence-corrected chi connectivity index (χ2v) is 15.9. The van der Waals surface area contributed by atoms with Gasteiger partial charge in [-0.3, -0.25) is 4.57 Å². The summed E-state index contributed by atoms with van der Waals surface area (Å²) in [6.45, 7) is 23.5. The Kier molecular flexibility index (Phi) is 6.52. The Morgan fingerprint density at radius 3 is 2.08 bits per heavy atom. The van der Waals surface area contributed by atoms with Crippen LogP contribution in [0.3, 0.4) is 0 Å². The Labute approximate surface area is 299 Å². The SMILES string of the molecule is [C-]#[N+]c1cccc([N@+]23[CH-][N+]2(c2cc(Oc4ccc5c6ccccc6n(-c6cc(C(C)(C)C)ccn6)c5c4)cc(C(C)(C)C)c2)c2ccccc23)c1. The van der Waals surface area contributed by atoms with Crippen LogP contribution in [0.15, 0.2) is 128 Å². The van der Waals surface area contributed by atoms with Crippen molar-refractivity contribution in [2.45, 2.75) is 52.4 Å². The maximum atomic E-state index is 7.68. The molecule has 0 aliphatic carbocycles. The molecule has 2 aromatic heterocycles. The standard InChI is InChI=1S/C45H40N5O/c1-44(2,3)30-21-22-47-43(25-30)48-39-16-9-8-15-37(39)38-20-19-35(28-40(38)48)51-36-24-31(45(4,5)6)23-34(27-36)50-29-49(50,41-17-10-11-18-42(41)50)33-14-12-13-32(26-33)46-7/h8-29H,1-6H3/q+1/t49-,50?/m0/s1. The van der Waals surface area contributed by atoms with Crippen molar-refractivity contribution < 1.29 is 4.74 Å². The van der Waals surface area contributed by atoms with Crippen molar-refractivity contribution in [2.24, 2.45) is 0 Å². The molecule has 250 valence electrons. The molecule has 2 atom stereocenters. The minimum atomic E-state index is -0.118. The molecule has 4 heterocycles. The predicted molar refractivity (Wildman–Crippen MR) is 209 cm³/mol. The summed E-state index contributed by atoms with van der Waals surface area (Å²) >= 11 is 0. The lowest BCUT2D eigenvalue weighted by Crippen LogP contribution is -2.46. The van der Waals surface area contributed by atoms with E-state index in [-0.39, 0.29) is 10.8 Å². The summed E-state index contributed by atoms with van der Waals surface area (Å²) in [6.07, 6.45) is 1.91. The molecule has 5 aromatic carbocycles. The van der Waals surface area contributed by atoms with E-state index in [1.165, 1.54) is 27.9 Å². The van der Waals surface area contributed by atoms with Gasteiger partial charge in [0.2, 0.25) is 11.4 Å². The van der Waals surface area contributed by atoms with Gasteiger partial charge in [-0.1, -0.05) is 84.0 Å². The summed E-state index contributed by atoms with van der Waals surface area (Å²) in [7, 11) is 0. The van der Waals surface area contributed by atoms with E-state index >= 15 is 0 Å². The van der Waals surface area contributed by atoms with Crippen LogP contribution in [0.1, 0.15) is 52.7 Å². The lowest BCUT2D eigenvalue weighted by molar-refractivity contribution is 0.422. The second kappa shape index (κ2) is 10.6. The van der Waals surface area contributed by atoms with E-state index in [0.717, 1.165) is 45.1 Å². The first-order chi connectivity index (χ1) is 24.4. The number of para-hydroxylation sites is 3. The summed E-state index contributed by atoms with van der Waals surface area (Å²) in [6, 6.07) is 42.6. The molecule has 0 amide bonds. The van der Waals surface area contributed by atoms with E-state index in [9.17, 15) is 0 Å². The molecule has 0 N–H and O–H groups in total. The molecule has 0 radical (unpaired) electrons. The fraction of sp³-hybridized carbons (Fsp3) is 0.178. The largest absolute Gasteiger partial charge is 0.457 e. The highest BCUT2D eigenvalue weighted by Gasteiger charge is 2.77. The van der Waals surface area contributed by atoms with Gasteiger partial charge < -0.3 is 4.74 Å². The van der Waals surface area contributed by atoms with E-state index in [1.807, 2.05) is 24.4 Å². The molecular weight excluding hydrogens is 627 g/mol. The number of hydrogen-bond donors (Lipinski definition) is 0. The van der Waals surface area contributed by atoms with Gasteiger partial charge in [-0.2, -0.15) is 9.18 Å². The molecule has 9 rings (SSSR count). The maximum Gasteiger partial charge on any atom is 0.225 e. The smallest absolute Gasteiger partial charge is 0.225 e. The molecule has 1 fully saturated rings. The number of rotatable bonds is 5. The molecule has 6 heteroatoms. The van der Waals surface area contributed by atoms with Gasteiger partial charge in [0, 0.05) is 53.4 Å². The minimum absolute atomic E-state index is 0.00545. The number of fused-ring (bicyclic) bond motifs is 7. The van der Waals surface area contributed by atoms with Crippen LogP contribution in [0.25, 0.3) is 32.5 Å². The van der Waals surface area contributed by atoms with Crippen molar-refractivity contribution in [3.8, 4) is 17.3 Å². The van der Waals surface area contributed by atoms with Crippen LogP contribution in [-0.2, 0) is 10.8 Å². The zero-order chi connectivity index (χ0) is 35.3. The van der Waals surface area contributed by atoms with Crippen molar-refractivity contribution in [3.63, 3.8) is 0 Å². The highest BCUT2D eigenvalue weighted by molar-refractivity contribution is 6.09. The van der Waals surface area contributed by atoms with Crippen LogP contribution in [0, 0.1) is 13.2 Å². The van der Waals surface area contributed by atoms with Gasteiger partial charge in [0.05, 0.1) is 17.6 Å². The van der Waals surface area contributed by atoms with Crippen LogP contribution in [0.4, 0.5) is 28.4 Å². The van der Waals surface area contributed by atoms with Gasteiger partial charge in [0.25, 0.3) is 0 Å². The molecule has 1 unspecified atom stereocenters. The molecule has 1 saturated heterocycles. The van der Waals surface area contributed by atoms with Crippen molar-refractivity contribution in [3.05, 3.63) is 157 Å².